The van der Waals surface area contributed by atoms with Crippen LogP contribution >= 0.6 is 0 Å². The van der Waals surface area contributed by atoms with E-state index in [1.807, 2.05) is 0 Å². The van der Waals surface area contributed by atoms with Gasteiger partial charge in [-0.05, 0) is 43.4 Å². The molecule has 1 heteroatoms. The van der Waals surface area contributed by atoms with E-state index >= 15 is 0 Å². The van der Waals surface area contributed by atoms with E-state index in [2.05, 4.69) is 13.8 Å². The second kappa shape index (κ2) is 5.08. The minimum Gasteiger partial charge on any atom is -0.325 e. The molecule has 0 spiro atoms. The van der Waals surface area contributed by atoms with Crippen LogP contribution in [0.4, 0.5) is 0 Å². The highest BCUT2D eigenvalue weighted by atomic mass is 14.8. The lowest BCUT2D eigenvalue weighted by Gasteiger charge is -2.46. The van der Waals surface area contributed by atoms with Crippen molar-refractivity contribution in [2.75, 3.05) is 0 Å². The van der Waals surface area contributed by atoms with Gasteiger partial charge in [0.1, 0.15) is 0 Å². The molecule has 2 unspecified atom stereocenters. The molecule has 0 saturated heterocycles. The molecule has 94 valence electrons. The van der Waals surface area contributed by atoms with Crippen LogP contribution in [0.25, 0.3) is 0 Å². The third-order valence-corrected chi connectivity index (χ3v) is 5.33. The van der Waals surface area contributed by atoms with Gasteiger partial charge in [-0.25, -0.2) is 0 Å². The maximum Gasteiger partial charge on any atom is 0.0185 e. The molecule has 2 rings (SSSR count). The Labute approximate surface area is 101 Å². The molecule has 0 amide bonds. The monoisotopic (exact) mass is 223 g/mol. The summed E-state index contributed by atoms with van der Waals surface area (Å²) >= 11 is 0. The highest BCUT2D eigenvalue weighted by Gasteiger charge is 2.39. The van der Waals surface area contributed by atoms with Crippen molar-refractivity contribution < 1.29 is 0 Å². The molecule has 0 aliphatic heterocycles. The molecule has 0 bridgehead atoms. The van der Waals surface area contributed by atoms with Crippen LogP contribution in [0.3, 0.4) is 0 Å². The molecule has 0 aromatic heterocycles. The normalized spacial score (nSPS) is 45.6. The molecule has 0 aromatic carbocycles. The van der Waals surface area contributed by atoms with Crippen LogP contribution in [-0.2, 0) is 0 Å². The van der Waals surface area contributed by atoms with Gasteiger partial charge >= 0.3 is 0 Å². The maximum atomic E-state index is 6.75. The number of rotatable bonds is 2. The van der Waals surface area contributed by atoms with E-state index < -0.39 is 0 Å². The maximum absolute atomic E-state index is 6.75. The largest absolute Gasteiger partial charge is 0.325 e. The molecule has 2 aliphatic carbocycles. The van der Waals surface area contributed by atoms with E-state index in [9.17, 15) is 0 Å². The van der Waals surface area contributed by atoms with E-state index in [4.69, 9.17) is 5.73 Å². The molecule has 16 heavy (non-hydrogen) atoms. The van der Waals surface area contributed by atoms with E-state index in [1.165, 1.54) is 57.8 Å². The second-order valence-corrected chi connectivity index (χ2v) is 6.56. The average molecular weight is 223 g/mol. The van der Waals surface area contributed by atoms with Crippen LogP contribution in [0.5, 0.6) is 0 Å². The fourth-order valence-electron chi connectivity index (χ4n) is 4.02. The summed E-state index contributed by atoms with van der Waals surface area (Å²) < 4.78 is 0. The predicted molar refractivity (Wildman–Crippen MR) is 70.3 cm³/mol. The first-order valence-electron chi connectivity index (χ1n) is 7.43. The van der Waals surface area contributed by atoms with Gasteiger partial charge in [0.2, 0.25) is 0 Å². The molecule has 1 nitrogen and oxygen atoms in total. The van der Waals surface area contributed by atoms with Crippen LogP contribution < -0.4 is 5.73 Å². The highest BCUT2D eigenvalue weighted by molar-refractivity contribution is 4.97. The summed E-state index contributed by atoms with van der Waals surface area (Å²) in [4.78, 5) is 0. The zero-order chi connectivity index (χ0) is 11.6. The zero-order valence-corrected chi connectivity index (χ0v) is 11.2. The molecule has 0 radical (unpaired) electrons. The lowest BCUT2D eigenvalue weighted by atomic mass is 9.64. The van der Waals surface area contributed by atoms with Crippen molar-refractivity contribution in [2.24, 2.45) is 23.5 Å². The Kier molecular flexibility index (Phi) is 3.94. The van der Waals surface area contributed by atoms with Gasteiger partial charge in [0.05, 0.1) is 0 Å². The molecule has 0 heterocycles. The van der Waals surface area contributed by atoms with Crippen molar-refractivity contribution in [3.8, 4) is 0 Å². The van der Waals surface area contributed by atoms with Crippen molar-refractivity contribution in [2.45, 2.75) is 77.2 Å². The van der Waals surface area contributed by atoms with Crippen molar-refractivity contribution in [1.29, 1.82) is 0 Å². The van der Waals surface area contributed by atoms with Crippen molar-refractivity contribution in [3.63, 3.8) is 0 Å². The van der Waals surface area contributed by atoms with E-state index in [0.29, 0.717) is 0 Å². The minimum absolute atomic E-state index is 0.207. The van der Waals surface area contributed by atoms with Crippen LogP contribution in [0.2, 0.25) is 0 Å². The third kappa shape index (κ3) is 2.61. The van der Waals surface area contributed by atoms with Gasteiger partial charge in [0, 0.05) is 5.54 Å². The number of nitrogens with two attached hydrogens (primary N) is 1. The Hall–Kier alpha value is -0.0400. The Morgan fingerprint density at radius 2 is 1.81 bits per heavy atom. The van der Waals surface area contributed by atoms with Crippen LogP contribution in [0, 0.1) is 17.8 Å². The Balaban J connectivity index is 1.95. The van der Waals surface area contributed by atoms with Crippen LogP contribution in [0.15, 0.2) is 0 Å². The summed E-state index contributed by atoms with van der Waals surface area (Å²) in [7, 11) is 0. The standard InChI is InChI=1S/C15H29N/c1-3-13-5-4-10-15(16,11-13)14-8-6-12(2)7-9-14/h12-14H,3-11,16H2,1-2H3. The molecule has 0 aromatic rings. The van der Waals surface area contributed by atoms with Gasteiger partial charge in [0.25, 0.3) is 0 Å². The van der Waals surface area contributed by atoms with Gasteiger partial charge in [-0.1, -0.05) is 46.0 Å². The highest BCUT2D eigenvalue weighted by Crippen LogP contribution is 2.43. The first-order chi connectivity index (χ1) is 7.64. The SMILES string of the molecule is CCC1CCCC(N)(C2CCC(C)CC2)C1. The quantitative estimate of drug-likeness (QED) is 0.749. The molecule has 2 fully saturated rings. The van der Waals surface area contributed by atoms with Crippen LogP contribution in [-0.4, -0.2) is 5.54 Å². The Morgan fingerprint density at radius 3 is 2.44 bits per heavy atom. The molecular formula is C15H29N. The topological polar surface area (TPSA) is 26.0 Å². The average Bonchev–Trinajstić information content (AvgIpc) is 2.29. The smallest absolute Gasteiger partial charge is 0.0185 e. The van der Waals surface area contributed by atoms with Crippen molar-refractivity contribution in [1.82, 2.24) is 0 Å². The molecule has 2 N–H and O–H groups in total. The van der Waals surface area contributed by atoms with Gasteiger partial charge in [-0.2, -0.15) is 0 Å². The Bertz CT molecular complexity index is 217. The third-order valence-electron chi connectivity index (χ3n) is 5.33. The summed E-state index contributed by atoms with van der Waals surface area (Å²) in [5.41, 5.74) is 6.95. The molecule has 2 aliphatic rings. The summed E-state index contributed by atoms with van der Waals surface area (Å²) in [6.45, 7) is 4.73. The van der Waals surface area contributed by atoms with E-state index in [1.54, 1.807) is 0 Å². The molecular weight excluding hydrogens is 194 g/mol. The summed E-state index contributed by atoms with van der Waals surface area (Å²) in [6, 6.07) is 0. The van der Waals surface area contributed by atoms with Crippen LogP contribution in [0.1, 0.15) is 71.6 Å². The van der Waals surface area contributed by atoms with Gasteiger partial charge in [-0.15, -0.1) is 0 Å². The van der Waals surface area contributed by atoms with Crippen molar-refractivity contribution >= 4 is 0 Å². The van der Waals surface area contributed by atoms with Gasteiger partial charge < -0.3 is 5.73 Å². The number of hydrogen-bond acceptors (Lipinski definition) is 1. The summed E-state index contributed by atoms with van der Waals surface area (Å²) in [6.07, 6.45) is 12.4. The minimum atomic E-state index is 0.207. The fraction of sp³-hybridized carbons (Fsp3) is 1.00. The lowest BCUT2D eigenvalue weighted by Crippen LogP contribution is -2.51. The predicted octanol–water partition coefficient (Wildman–Crippen LogP) is 4.11. The van der Waals surface area contributed by atoms with Crippen molar-refractivity contribution in [3.05, 3.63) is 0 Å². The van der Waals surface area contributed by atoms with E-state index in [-0.39, 0.29) is 5.54 Å². The number of hydrogen-bond donors (Lipinski definition) is 1. The van der Waals surface area contributed by atoms with Gasteiger partial charge in [0.15, 0.2) is 0 Å². The van der Waals surface area contributed by atoms with Gasteiger partial charge in [-0.3, -0.25) is 0 Å². The lowest BCUT2D eigenvalue weighted by molar-refractivity contribution is 0.108. The summed E-state index contributed by atoms with van der Waals surface area (Å²) in [5, 5.41) is 0. The molecule has 2 atom stereocenters. The zero-order valence-electron chi connectivity index (χ0n) is 11.2. The second-order valence-electron chi connectivity index (χ2n) is 6.56. The Morgan fingerprint density at radius 1 is 1.12 bits per heavy atom. The summed E-state index contributed by atoms with van der Waals surface area (Å²) in [5.74, 6) is 2.70. The first-order valence-corrected chi connectivity index (χ1v) is 7.43. The molecule has 2 saturated carbocycles. The fourth-order valence-corrected chi connectivity index (χ4v) is 4.02. The van der Waals surface area contributed by atoms with E-state index in [0.717, 1.165) is 17.8 Å². The first kappa shape index (κ1) is 12.4.